The van der Waals surface area contributed by atoms with E-state index < -0.39 is 32.4 Å². The second-order valence-electron chi connectivity index (χ2n) is 3.94. The average molecular weight is 299 g/mol. The van der Waals surface area contributed by atoms with Crippen LogP contribution in [0.4, 0.5) is 10.1 Å². The van der Waals surface area contributed by atoms with E-state index in [9.17, 15) is 17.6 Å². The molecule has 7 nitrogen and oxygen atoms in total. The smallest absolute Gasteiger partial charge is 0.357 e. The number of carboxylic acid groups (broad SMARTS) is 1. The van der Waals surface area contributed by atoms with E-state index in [2.05, 4.69) is 14.9 Å². The largest absolute Gasteiger partial charge is 0.476 e. The van der Waals surface area contributed by atoms with Crippen molar-refractivity contribution < 1.29 is 22.7 Å². The van der Waals surface area contributed by atoms with Gasteiger partial charge in [-0.2, -0.15) is 5.10 Å². The molecule has 20 heavy (non-hydrogen) atoms. The third-order valence-electron chi connectivity index (χ3n) is 2.46. The van der Waals surface area contributed by atoms with Gasteiger partial charge in [-0.1, -0.05) is 0 Å². The average Bonchev–Trinajstić information content (AvgIpc) is 2.75. The van der Waals surface area contributed by atoms with Crippen LogP contribution in [0, 0.1) is 12.7 Å². The van der Waals surface area contributed by atoms with E-state index in [4.69, 9.17) is 5.11 Å². The van der Waals surface area contributed by atoms with Gasteiger partial charge in [-0.3, -0.25) is 9.82 Å². The number of aromatic nitrogens is 2. The third-order valence-corrected chi connectivity index (χ3v) is 4.00. The number of nitrogens with one attached hydrogen (secondary N) is 2. The van der Waals surface area contributed by atoms with E-state index in [1.54, 1.807) is 0 Å². The number of carboxylic acids is 1. The van der Waals surface area contributed by atoms with Crippen LogP contribution >= 0.6 is 0 Å². The minimum Gasteiger partial charge on any atom is -0.476 e. The van der Waals surface area contributed by atoms with E-state index in [0.717, 1.165) is 12.1 Å². The fraction of sp³-hybridized carbons (Fsp3) is 0.0909. The van der Waals surface area contributed by atoms with Crippen LogP contribution in [-0.2, 0) is 10.0 Å². The van der Waals surface area contributed by atoms with Crippen LogP contribution in [0.1, 0.15) is 16.2 Å². The number of halogens is 1. The molecule has 0 saturated heterocycles. The van der Waals surface area contributed by atoms with E-state index in [0.29, 0.717) is 0 Å². The molecule has 0 unspecified atom stereocenters. The van der Waals surface area contributed by atoms with Gasteiger partial charge in [0.2, 0.25) is 0 Å². The number of nitrogens with zero attached hydrogens (tertiary/aromatic N) is 1. The van der Waals surface area contributed by atoms with Crippen molar-refractivity contribution in [3.63, 3.8) is 0 Å². The first kappa shape index (κ1) is 14.0. The lowest BCUT2D eigenvalue weighted by Crippen LogP contribution is -2.17. The highest BCUT2D eigenvalue weighted by Gasteiger charge is 2.28. The Morgan fingerprint density at radius 2 is 1.95 bits per heavy atom. The summed E-state index contributed by atoms with van der Waals surface area (Å²) in [6.45, 7) is 1.39. The fourth-order valence-corrected chi connectivity index (χ4v) is 3.00. The number of hydrogen-bond donors (Lipinski definition) is 3. The summed E-state index contributed by atoms with van der Waals surface area (Å²) in [6.07, 6.45) is 0. The molecule has 0 atom stereocenters. The van der Waals surface area contributed by atoms with Crippen molar-refractivity contribution in [1.82, 2.24) is 10.2 Å². The van der Waals surface area contributed by atoms with Crippen LogP contribution in [0.2, 0.25) is 0 Å². The second kappa shape index (κ2) is 4.93. The molecule has 0 bridgehead atoms. The predicted molar refractivity (Wildman–Crippen MR) is 67.5 cm³/mol. The molecule has 0 amide bonds. The molecular weight excluding hydrogens is 289 g/mol. The summed E-state index contributed by atoms with van der Waals surface area (Å²) >= 11 is 0. The summed E-state index contributed by atoms with van der Waals surface area (Å²) in [5.41, 5.74) is -0.391. The lowest BCUT2D eigenvalue weighted by atomic mass is 10.3. The lowest BCUT2D eigenvalue weighted by molar-refractivity contribution is 0.0686. The first-order valence-corrected chi connectivity index (χ1v) is 6.86. The molecule has 2 aromatic rings. The highest BCUT2D eigenvalue weighted by atomic mass is 32.2. The summed E-state index contributed by atoms with van der Waals surface area (Å²) in [6, 6.07) is 4.61. The van der Waals surface area contributed by atoms with E-state index in [1.165, 1.54) is 19.1 Å². The van der Waals surface area contributed by atoms with Gasteiger partial charge in [-0.15, -0.1) is 0 Å². The Morgan fingerprint density at radius 1 is 1.35 bits per heavy atom. The van der Waals surface area contributed by atoms with Crippen LogP contribution in [-0.4, -0.2) is 29.7 Å². The molecular formula is C11H10FN3O4S. The van der Waals surface area contributed by atoms with Crippen LogP contribution in [0.5, 0.6) is 0 Å². The number of sulfonamides is 1. The summed E-state index contributed by atoms with van der Waals surface area (Å²) < 4.78 is 39.3. The minimum atomic E-state index is -4.14. The number of carbonyl (C=O) groups is 1. The van der Waals surface area contributed by atoms with Gasteiger partial charge in [0.15, 0.2) is 5.69 Å². The molecule has 9 heteroatoms. The van der Waals surface area contributed by atoms with Crippen molar-refractivity contribution in [2.75, 3.05) is 4.72 Å². The summed E-state index contributed by atoms with van der Waals surface area (Å²) in [7, 11) is -4.14. The molecule has 3 N–H and O–H groups in total. The van der Waals surface area contributed by atoms with Gasteiger partial charge < -0.3 is 5.11 Å². The zero-order valence-electron chi connectivity index (χ0n) is 10.2. The molecule has 0 aliphatic carbocycles. The standard InChI is InChI=1S/C11H10FN3O4S/c1-6-10(9(11(16)17)14-13-6)20(18,19)15-8-4-2-7(12)3-5-8/h2-5,15H,1H3,(H,13,14)(H,16,17). The highest BCUT2D eigenvalue weighted by molar-refractivity contribution is 7.92. The Hall–Kier alpha value is -2.42. The van der Waals surface area contributed by atoms with Crippen LogP contribution < -0.4 is 4.72 Å². The van der Waals surface area contributed by atoms with Crippen molar-refractivity contribution >= 4 is 21.7 Å². The number of H-pyrrole nitrogens is 1. The summed E-state index contributed by atoms with van der Waals surface area (Å²) in [5, 5.41) is 14.7. The van der Waals surface area contributed by atoms with Crippen molar-refractivity contribution in [3.05, 3.63) is 41.5 Å². The Bertz CT molecular complexity index is 752. The van der Waals surface area contributed by atoms with Crippen molar-refractivity contribution in [3.8, 4) is 0 Å². The number of aromatic carboxylic acids is 1. The summed E-state index contributed by atoms with van der Waals surface area (Å²) in [4.78, 5) is 10.5. The van der Waals surface area contributed by atoms with Gasteiger partial charge in [-0.25, -0.2) is 17.6 Å². The van der Waals surface area contributed by atoms with Gasteiger partial charge in [0.05, 0.1) is 5.69 Å². The number of benzene rings is 1. The zero-order valence-corrected chi connectivity index (χ0v) is 11.0. The maximum atomic E-state index is 12.8. The van der Waals surface area contributed by atoms with Gasteiger partial charge >= 0.3 is 5.97 Å². The van der Waals surface area contributed by atoms with E-state index in [1.807, 2.05) is 0 Å². The maximum absolute atomic E-state index is 12.8. The number of hydrogen-bond acceptors (Lipinski definition) is 4. The SMILES string of the molecule is Cc1[nH]nc(C(=O)O)c1S(=O)(=O)Nc1ccc(F)cc1. The van der Waals surface area contributed by atoms with Crippen molar-refractivity contribution in [1.29, 1.82) is 0 Å². The van der Waals surface area contributed by atoms with Crippen molar-refractivity contribution in [2.45, 2.75) is 11.8 Å². The Morgan fingerprint density at radius 3 is 2.50 bits per heavy atom. The molecule has 0 aliphatic rings. The first-order chi connectivity index (χ1) is 9.31. The normalized spacial score (nSPS) is 11.3. The Balaban J connectivity index is 2.43. The Labute approximate surface area is 113 Å². The van der Waals surface area contributed by atoms with E-state index >= 15 is 0 Å². The van der Waals surface area contributed by atoms with Gasteiger partial charge in [0.1, 0.15) is 10.7 Å². The molecule has 0 fully saturated rings. The topological polar surface area (TPSA) is 112 Å². The molecule has 0 aliphatic heterocycles. The molecule has 1 aromatic heterocycles. The van der Waals surface area contributed by atoms with E-state index in [-0.39, 0.29) is 11.4 Å². The zero-order chi connectivity index (χ0) is 14.9. The highest BCUT2D eigenvalue weighted by Crippen LogP contribution is 2.21. The van der Waals surface area contributed by atoms with Crippen LogP contribution in [0.25, 0.3) is 0 Å². The van der Waals surface area contributed by atoms with Gasteiger partial charge in [-0.05, 0) is 31.2 Å². The molecule has 0 spiro atoms. The molecule has 0 saturated carbocycles. The molecule has 1 aromatic carbocycles. The minimum absolute atomic E-state index is 0.0945. The number of aromatic amines is 1. The molecule has 0 radical (unpaired) electrons. The molecule has 1 heterocycles. The second-order valence-corrected chi connectivity index (χ2v) is 5.56. The number of anilines is 1. The first-order valence-electron chi connectivity index (χ1n) is 5.38. The maximum Gasteiger partial charge on any atom is 0.357 e. The van der Waals surface area contributed by atoms with Gasteiger partial charge in [0.25, 0.3) is 10.0 Å². The molecule has 2 rings (SSSR count). The monoisotopic (exact) mass is 299 g/mol. The number of aryl methyl sites for hydroxylation is 1. The van der Waals surface area contributed by atoms with Crippen molar-refractivity contribution in [2.24, 2.45) is 0 Å². The summed E-state index contributed by atoms with van der Waals surface area (Å²) in [5.74, 6) is -1.98. The molecule has 106 valence electrons. The number of rotatable bonds is 4. The quantitative estimate of drug-likeness (QED) is 0.789. The Kier molecular flexibility index (Phi) is 3.45. The van der Waals surface area contributed by atoms with Crippen LogP contribution in [0.3, 0.4) is 0 Å². The van der Waals surface area contributed by atoms with Gasteiger partial charge in [0, 0.05) is 5.69 Å². The fourth-order valence-electron chi connectivity index (χ4n) is 1.62. The third kappa shape index (κ3) is 2.62. The van der Waals surface area contributed by atoms with Crippen LogP contribution in [0.15, 0.2) is 29.2 Å². The predicted octanol–water partition coefficient (Wildman–Crippen LogP) is 1.36. The lowest BCUT2D eigenvalue weighted by Gasteiger charge is -2.07.